The first-order valence-corrected chi connectivity index (χ1v) is 8.44. The maximum absolute atomic E-state index is 12.9. The number of hydrogen-bond donors (Lipinski definition) is 2. The molecule has 0 spiro atoms. The lowest BCUT2D eigenvalue weighted by molar-refractivity contribution is -0.113. The van der Waals surface area contributed by atoms with Crippen molar-refractivity contribution in [2.24, 2.45) is 5.73 Å². The molecular formula is C20H17FN2O2S. The van der Waals surface area contributed by atoms with Crippen LogP contribution in [0.3, 0.4) is 0 Å². The Balaban J connectivity index is 1.80. The Kier molecular flexibility index (Phi) is 5.53. The first-order valence-electron chi connectivity index (χ1n) is 7.99. The van der Waals surface area contributed by atoms with Gasteiger partial charge in [-0.3, -0.25) is 9.78 Å². The minimum Gasteiger partial charge on any atom is -0.492 e. The molecule has 2 aromatic carbocycles. The number of rotatable bonds is 6. The van der Waals surface area contributed by atoms with E-state index >= 15 is 0 Å². The van der Waals surface area contributed by atoms with Gasteiger partial charge in [-0.05, 0) is 47.5 Å². The molecule has 3 aromatic rings. The van der Waals surface area contributed by atoms with Gasteiger partial charge in [-0.1, -0.05) is 18.2 Å². The Hall–Kier alpha value is -2.86. The van der Waals surface area contributed by atoms with E-state index in [-0.39, 0.29) is 10.7 Å². The van der Waals surface area contributed by atoms with Crippen LogP contribution in [0, 0.1) is 5.82 Å². The second kappa shape index (κ2) is 8.01. The van der Waals surface area contributed by atoms with Gasteiger partial charge in [-0.15, -0.1) is 12.6 Å². The summed E-state index contributed by atoms with van der Waals surface area (Å²) in [6.45, 7) is 0.448. The quantitative estimate of drug-likeness (QED) is 0.514. The molecule has 0 aliphatic rings. The Morgan fingerprint density at radius 3 is 2.69 bits per heavy atom. The first kappa shape index (κ1) is 17.9. The molecule has 1 amide bonds. The third-order valence-electron chi connectivity index (χ3n) is 3.84. The summed E-state index contributed by atoms with van der Waals surface area (Å²) in [6.07, 6.45) is 3.94. The van der Waals surface area contributed by atoms with Crippen LogP contribution < -0.4 is 10.5 Å². The van der Waals surface area contributed by atoms with Gasteiger partial charge in [-0.25, -0.2) is 4.39 Å². The predicted octanol–water partition coefficient (Wildman–Crippen LogP) is 3.75. The molecule has 0 unspecified atom stereocenters. The molecule has 0 saturated heterocycles. The van der Waals surface area contributed by atoms with Gasteiger partial charge in [0.05, 0.1) is 17.0 Å². The minimum atomic E-state index is -0.588. The van der Waals surface area contributed by atoms with Crippen LogP contribution in [-0.4, -0.2) is 17.5 Å². The molecule has 0 bridgehead atoms. The Bertz CT molecular complexity index is 971. The van der Waals surface area contributed by atoms with Gasteiger partial charge in [-0.2, -0.15) is 0 Å². The number of carbonyl (C=O) groups excluding carboxylic acids is 1. The van der Waals surface area contributed by atoms with E-state index in [1.54, 1.807) is 30.5 Å². The fourth-order valence-electron chi connectivity index (χ4n) is 2.51. The number of pyridine rings is 1. The average molecular weight is 368 g/mol. The van der Waals surface area contributed by atoms with Crippen LogP contribution in [0.15, 0.2) is 59.6 Å². The lowest BCUT2D eigenvalue weighted by Gasteiger charge is -2.10. The van der Waals surface area contributed by atoms with Crippen molar-refractivity contribution in [2.75, 3.05) is 6.61 Å². The summed E-state index contributed by atoms with van der Waals surface area (Å²) in [5.74, 6) is -0.155. The number of nitrogens with zero attached hydrogens (tertiary/aromatic N) is 1. The standard InChI is InChI=1S/C20H17FN2O2S/c21-15-4-1-13(2-5-15)8-10-25-18-7-9-23-17-6-3-14(11-16(17)18)12-19(26)20(22)24/h1-7,9,11-12,26H,8,10H2,(H2,22,24)/b19-12-. The largest absolute Gasteiger partial charge is 0.492 e. The zero-order valence-electron chi connectivity index (χ0n) is 13.9. The molecule has 2 N–H and O–H groups in total. The van der Waals surface area contributed by atoms with Crippen molar-refractivity contribution >= 4 is 35.5 Å². The Morgan fingerprint density at radius 2 is 1.96 bits per heavy atom. The van der Waals surface area contributed by atoms with Crippen molar-refractivity contribution < 1.29 is 13.9 Å². The molecule has 0 aliphatic carbocycles. The van der Waals surface area contributed by atoms with E-state index in [9.17, 15) is 9.18 Å². The number of ether oxygens (including phenoxy) is 1. The van der Waals surface area contributed by atoms with E-state index in [1.807, 2.05) is 18.2 Å². The van der Waals surface area contributed by atoms with E-state index in [2.05, 4.69) is 17.6 Å². The monoisotopic (exact) mass is 368 g/mol. The molecule has 1 heterocycles. The number of aromatic nitrogens is 1. The van der Waals surface area contributed by atoms with Crippen LogP contribution in [0.1, 0.15) is 11.1 Å². The van der Waals surface area contributed by atoms with E-state index < -0.39 is 5.91 Å². The third-order valence-corrected chi connectivity index (χ3v) is 4.19. The number of hydrogen-bond acceptors (Lipinski definition) is 4. The zero-order valence-corrected chi connectivity index (χ0v) is 14.7. The molecule has 3 rings (SSSR count). The molecule has 0 fully saturated rings. The number of benzene rings is 2. The van der Waals surface area contributed by atoms with Crippen molar-refractivity contribution in [3.05, 3.63) is 76.6 Å². The second-order valence-corrected chi connectivity index (χ2v) is 6.19. The summed E-state index contributed by atoms with van der Waals surface area (Å²) in [5.41, 5.74) is 7.76. The third kappa shape index (κ3) is 4.40. The summed E-state index contributed by atoms with van der Waals surface area (Å²) in [6, 6.07) is 13.7. The summed E-state index contributed by atoms with van der Waals surface area (Å²) in [7, 11) is 0. The number of carbonyl (C=O) groups is 1. The minimum absolute atomic E-state index is 0.173. The number of thiol groups is 1. The molecule has 0 saturated carbocycles. The van der Waals surface area contributed by atoms with Crippen LogP contribution in [0.25, 0.3) is 17.0 Å². The van der Waals surface area contributed by atoms with Gasteiger partial charge in [0.2, 0.25) is 0 Å². The lowest BCUT2D eigenvalue weighted by atomic mass is 10.1. The smallest absolute Gasteiger partial charge is 0.254 e. The molecule has 4 nitrogen and oxygen atoms in total. The van der Waals surface area contributed by atoms with E-state index in [4.69, 9.17) is 10.5 Å². The topological polar surface area (TPSA) is 65.2 Å². The van der Waals surface area contributed by atoms with Crippen molar-refractivity contribution in [1.29, 1.82) is 0 Å². The van der Waals surface area contributed by atoms with Crippen molar-refractivity contribution in [2.45, 2.75) is 6.42 Å². The SMILES string of the molecule is NC(=O)/C(S)=C/c1ccc2nccc(OCCc3ccc(F)cc3)c2c1. The van der Waals surface area contributed by atoms with Crippen LogP contribution in [0.2, 0.25) is 0 Å². The Labute approximate surface area is 155 Å². The predicted molar refractivity (Wildman–Crippen MR) is 103 cm³/mol. The fraction of sp³-hybridized carbons (Fsp3) is 0.100. The van der Waals surface area contributed by atoms with Gasteiger partial charge in [0.25, 0.3) is 5.91 Å². The molecule has 132 valence electrons. The zero-order chi connectivity index (χ0) is 18.5. The van der Waals surface area contributed by atoms with Crippen LogP contribution in [-0.2, 0) is 11.2 Å². The van der Waals surface area contributed by atoms with Crippen LogP contribution in [0.4, 0.5) is 4.39 Å². The van der Waals surface area contributed by atoms with Crippen molar-refractivity contribution in [3.63, 3.8) is 0 Å². The highest BCUT2D eigenvalue weighted by Gasteiger charge is 2.06. The van der Waals surface area contributed by atoms with E-state index in [1.165, 1.54) is 12.1 Å². The number of nitrogens with two attached hydrogens (primary N) is 1. The van der Waals surface area contributed by atoms with Crippen molar-refractivity contribution in [3.8, 4) is 5.75 Å². The Morgan fingerprint density at radius 1 is 1.19 bits per heavy atom. The molecule has 26 heavy (non-hydrogen) atoms. The van der Waals surface area contributed by atoms with Gasteiger partial charge in [0, 0.05) is 18.0 Å². The maximum Gasteiger partial charge on any atom is 0.254 e. The summed E-state index contributed by atoms with van der Waals surface area (Å²) < 4.78 is 18.8. The van der Waals surface area contributed by atoms with Gasteiger partial charge >= 0.3 is 0 Å². The van der Waals surface area contributed by atoms with Crippen LogP contribution >= 0.6 is 12.6 Å². The highest BCUT2D eigenvalue weighted by atomic mass is 32.1. The molecule has 0 radical (unpaired) electrons. The number of primary amides is 1. The lowest BCUT2D eigenvalue weighted by Crippen LogP contribution is -2.09. The molecule has 6 heteroatoms. The molecule has 1 aromatic heterocycles. The van der Waals surface area contributed by atoms with Gasteiger partial charge in [0.15, 0.2) is 0 Å². The summed E-state index contributed by atoms with van der Waals surface area (Å²) >= 11 is 4.07. The fourth-order valence-corrected chi connectivity index (χ4v) is 2.66. The maximum atomic E-state index is 12.9. The van der Waals surface area contributed by atoms with Gasteiger partial charge < -0.3 is 10.5 Å². The average Bonchev–Trinajstić information content (AvgIpc) is 2.63. The van der Waals surface area contributed by atoms with Gasteiger partial charge in [0.1, 0.15) is 11.6 Å². The molecular weight excluding hydrogens is 351 g/mol. The normalized spacial score (nSPS) is 11.5. The number of halogens is 1. The van der Waals surface area contributed by atoms with Crippen molar-refractivity contribution in [1.82, 2.24) is 4.98 Å². The summed E-state index contributed by atoms with van der Waals surface area (Å²) in [5, 5.41) is 0.825. The first-order chi connectivity index (χ1) is 12.5. The highest BCUT2D eigenvalue weighted by molar-refractivity contribution is 7.85. The summed E-state index contributed by atoms with van der Waals surface area (Å²) in [4.78, 5) is 15.6. The molecule has 0 aliphatic heterocycles. The number of fused-ring (bicyclic) bond motifs is 1. The van der Waals surface area contributed by atoms with E-state index in [0.717, 1.165) is 22.0 Å². The van der Waals surface area contributed by atoms with Crippen LogP contribution in [0.5, 0.6) is 5.75 Å². The number of amides is 1. The van der Waals surface area contributed by atoms with E-state index in [0.29, 0.717) is 18.8 Å². The second-order valence-electron chi connectivity index (χ2n) is 5.70. The molecule has 0 atom stereocenters. The highest BCUT2D eigenvalue weighted by Crippen LogP contribution is 2.26.